The summed E-state index contributed by atoms with van der Waals surface area (Å²) in [4.78, 5) is 16.8. The minimum atomic E-state index is -0.573. The first-order valence-corrected chi connectivity index (χ1v) is 11.5. The first-order valence-electron chi connectivity index (χ1n) is 11.5. The molecule has 1 amide bonds. The Labute approximate surface area is 193 Å². The molecule has 32 heavy (non-hydrogen) atoms. The number of likely N-dealkylation sites (N-methyl/N-ethyl adjacent to an activating group) is 1. The number of allylic oxidation sites excluding steroid dienone is 2. The fourth-order valence-corrected chi connectivity index (χ4v) is 4.09. The Kier molecular flexibility index (Phi) is 9.95. The van der Waals surface area contributed by atoms with Crippen LogP contribution in [-0.2, 0) is 10.2 Å². The molecule has 0 saturated carbocycles. The lowest BCUT2D eigenvalue weighted by atomic mass is 9.69. The third-order valence-electron chi connectivity index (χ3n) is 5.91. The number of amides is 1. The molecule has 0 radical (unpaired) electrons. The normalized spacial score (nSPS) is 13.2. The predicted molar refractivity (Wildman–Crippen MR) is 133 cm³/mol. The van der Waals surface area contributed by atoms with Crippen LogP contribution in [-0.4, -0.2) is 56.2 Å². The molecule has 174 valence electrons. The van der Waals surface area contributed by atoms with Crippen molar-refractivity contribution in [3.63, 3.8) is 0 Å². The lowest BCUT2D eigenvalue weighted by Gasteiger charge is -2.37. The van der Waals surface area contributed by atoms with Crippen molar-refractivity contribution < 1.29 is 9.53 Å². The van der Waals surface area contributed by atoms with Crippen molar-refractivity contribution in [1.29, 1.82) is 0 Å². The highest BCUT2D eigenvalue weighted by Gasteiger charge is 2.40. The lowest BCUT2D eigenvalue weighted by Crippen LogP contribution is -2.40. The van der Waals surface area contributed by atoms with Gasteiger partial charge in [-0.1, -0.05) is 67.6 Å². The van der Waals surface area contributed by atoms with Crippen molar-refractivity contribution in [3.05, 3.63) is 83.6 Å². The van der Waals surface area contributed by atoms with Gasteiger partial charge < -0.3 is 20.3 Å². The minimum absolute atomic E-state index is 0.0744. The molecule has 0 aromatic heterocycles. The number of ether oxygens (including phenoxy) is 1. The molecule has 1 unspecified atom stereocenters. The zero-order chi connectivity index (χ0) is 23.6. The molecule has 0 fully saturated rings. The van der Waals surface area contributed by atoms with Crippen LogP contribution in [0.25, 0.3) is 0 Å². The molecule has 0 bridgehead atoms. The van der Waals surface area contributed by atoms with Crippen molar-refractivity contribution in [2.45, 2.75) is 44.6 Å². The second kappa shape index (κ2) is 12.4. The smallest absolute Gasteiger partial charge is 0.414 e. The molecular weight excluding hydrogens is 398 g/mol. The second-order valence-electron chi connectivity index (χ2n) is 8.61. The van der Waals surface area contributed by atoms with E-state index in [0.29, 0.717) is 12.3 Å². The van der Waals surface area contributed by atoms with Gasteiger partial charge in [-0.05, 0) is 64.0 Å². The summed E-state index contributed by atoms with van der Waals surface area (Å²) < 4.78 is 6.12. The fraction of sp³-hybridized carbons (Fsp3) is 0.444. The van der Waals surface area contributed by atoms with Crippen molar-refractivity contribution >= 4 is 6.09 Å². The summed E-state index contributed by atoms with van der Waals surface area (Å²) in [5, 5.41) is 0. The molecule has 1 atom stereocenters. The van der Waals surface area contributed by atoms with Gasteiger partial charge in [-0.2, -0.15) is 0 Å². The maximum atomic E-state index is 13.1. The number of nitrogens with two attached hydrogens (primary N) is 1. The summed E-state index contributed by atoms with van der Waals surface area (Å²) in [5.74, 6) is 0.649. The largest absolute Gasteiger partial charge is 0.414 e. The molecule has 0 saturated heterocycles. The van der Waals surface area contributed by atoms with Crippen LogP contribution in [0.5, 0.6) is 0 Å². The van der Waals surface area contributed by atoms with E-state index in [0.717, 1.165) is 36.9 Å². The average molecular weight is 438 g/mol. The average Bonchev–Trinajstić information content (AvgIpc) is 2.81. The number of carbonyl (C=O) groups excluding carboxylic acids is 1. The van der Waals surface area contributed by atoms with Crippen LogP contribution in [0, 0.1) is 0 Å². The molecule has 0 spiro atoms. The van der Waals surface area contributed by atoms with Gasteiger partial charge >= 0.3 is 6.09 Å². The first kappa shape index (κ1) is 25.6. The maximum absolute atomic E-state index is 13.1. The van der Waals surface area contributed by atoms with Gasteiger partial charge in [-0.25, -0.2) is 4.79 Å². The van der Waals surface area contributed by atoms with Crippen molar-refractivity contribution in [2.75, 3.05) is 34.2 Å². The zero-order valence-corrected chi connectivity index (χ0v) is 20.3. The van der Waals surface area contributed by atoms with Gasteiger partial charge in [0.25, 0.3) is 0 Å². The molecule has 2 aromatic carbocycles. The number of benzene rings is 2. The summed E-state index contributed by atoms with van der Waals surface area (Å²) in [5.41, 5.74) is 7.72. The third-order valence-corrected chi connectivity index (χ3v) is 5.91. The Morgan fingerprint density at radius 1 is 1.03 bits per heavy atom. The van der Waals surface area contributed by atoms with Gasteiger partial charge in [0, 0.05) is 19.6 Å². The van der Waals surface area contributed by atoms with Gasteiger partial charge in [0.1, 0.15) is 5.76 Å². The summed E-state index contributed by atoms with van der Waals surface area (Å²) >= 11 is 0. The standard InChI is InChI=1S/C27H39N3O2/c1-6-24(28)21-30(5)26(31)32-25(7-2)27(19-14-20-29(3)4,22-15-10-8-11-16-22)23-17-12-9-13-18-23/h7-13,15-18,24H,6,14,19-21,28H2,1-5H3. The number of rotatable bonds is 11. The van der Waals surface area contributed by atoms with E-state index >= 15 is 0 Å². The van der Waals surface area contributed by atoms with Crippen LogP contribution < -0.4 is 5.73 Å². The summed E-state index contributed by atoms with van der Waals surface area (Å²) in [7, 11) is 5.90. The van der Waals surface area contributed by atoms with Crippen molar-refractivity contribution in [1.82, 2.24) is 9.80 Å². The quantitative estimate of drug-likeness (QED) is 0.501. The molecule has 5 heteroatoms. The van der Waals surface area contributed by atoms with Gasteiger partial charge in [-0.15, -0.1) is 0 Å². The monoisotopic (exact) mass is 437 g/mol. The Balaban J connectivity index is 2.53. The van der Waals surface area contributed by atoms with Gasteiger partial charge in [0.15, 0.2) is 0 Å². The Morgan fingerprint density at radius 2 is 1.56 bits per heavy atom. The van der Waals surface area contributed by atoms with E-state index in [-0.39, 0.29) is 12.1 Å². The maximum Gasteiger partial charge on any atom is 0.414 e. The molecular formula is C27H39N3O2. The van der Waals surface area contributed by atoms with Gasteiger partial charge in [0.2, 0.25) is 0 Å². The second-order valence-corrected chi connectivity index (χ2v) is 8.61. The highest BCUT2D eigenvalue weighted by atomic mass is 16.6. The fourth-order valence-electron chi connectivity index (χ4n) is 4.09. The van der Waals surface area contributed by atoms with Crippen LogP contribution in [0.4, 0.5) is 4.79 Å². The Morgan fingerprint density at radius 3 is 2.00 bits per heavy atom. The highest BCUT2D eigenvalue weighted by molar-refractivity contribution is 5.69. The van der Waals surface area contributed by atoms with Crippen molar-refractivity contribution in [2.24, 2.45) is 5.73 Å². The molecule has 2 rings (SSSR count). The van der Waals surface area contributed by atoms with Gasteiger partial charge in [0.05, 0.1) is 5.41 Å². The topological polar surface area (TPSA) is 58.8 Å². The predicted octanol–water partition coefficient (Wildman–Crippen LogP) is 5.02. The van der Waals surface area contributed by atoms with E-state index in [1.807, 2.05) is 56.3 Å². The van der Waals surface area contributed by atoms with Gasteiger partial charge in [-0.3, -0.25) is 0 Å². The molecule has 5 nitrogen and oxygen atoms in total. The Hall–Kier alpha value is -2.63. The van der Waals surface area contributed by atoms with E-state index in [9.17, 15) is 4.79 Å². The van der Waals surface area contributed by atoms with Crippen LogP contribution >= 0.6 is 0 Å². The van der Waals surface area contributed by atoms with E-state index in [2.05, 4.69) is 43.3 Å². The van der Waals surface area contributed by atoms with E-state index in [4.69, 9.17) is 10.5 Å². The summed E-state index contributed by atoms with van der Waals surface area (Å²) in [6, 6.07) is 20.6. The zero-order valence-electron chi connectivity index (χ0n) is 20.3. The molecule has 2 N–H and O–H groups in total. The van der Waals surface area contributed by atoms with Crippen LogP contribution in [0.1, 0.15) is 44.2 Å². The molecule has 2 aromatic rings. The number of carbonyl (C=O) groups is 1. The van der Waals surface area contributed by atoms with Crippen LogP contribution in [0.15, 0.2) is 72.5 Å². The summed E-state index contributed by atoms with van der Waals surface area (Å²) in [6.07, 6.45) is 4.11. The molecule has 0 aliphatic rings. The van der Waals surface area contributed by atoms with Crippen LogP contribution in [0.2, 0.25) is 0 Å². The SMILES string of the molecule is CC=C(OC(=O)N(C)CC(N)CC)C(CCCN(C)C)(c1ccccc1)c1ccccc1. The molecule has 0 aliphatic heterocycles. The van der Waals surface area contributed by atoms with E-state index < -0.39 is 5.41 Å². The summed E-state index contributed by atoms with van der Waals surface area (Å²) in [6.45, 7) is 5.35. The molecule has 0 heterocycles. The third kappa shape index (κ3) is 6.44. The van der Waals surface area contributed by atoms with E-state index in [1.54, 1.807) is 11.9 Å². The first-order chi connectivity index (χ1) is 15.3. The minimum Gasteiger partial charge on any atom is -0.414 e. The van der Waals surface area contributed by atoms with E-state index in [1.165, 1.54) is 0 Å². The number of hydrogen-bond donors (Lipinski definition) is 1. The molecule has 0 aliphatic carbocycles. The lowest BCUT2D eigenvalue weighted by molar-refractivity contribution is 0.123. The van der Waals surface area contributed by atoms with Crippen LogP contribution in [0.3, 0.4) is 0 Å². The Bertz CT molecular complexity index is 810. The number of hydrogen-bond acceptors (Lipinski definition) is 4. The number of nitrogens with zero attached hydrogens (tertiary/aromatic N) is 2. The highest BCUT2D eigenvalue weighted by Crippen LogP contribution is 2.44. The van der Waals surface area contributed by atoms with Crippen molar-refractivity contribution in [3.8, 4) is 0 Å².